The maximum absolute atomic E-state index is 15.2. The molecule has 30 heteroatoms. The molecule has 0 aliphatic heterocycles. The first-order valence-electron chi connectivity index (χ1n) is 10.3. The summed E-state index contributed by atoms with van der Waals surface area (Å²) >= 11 is 12.6. The summed E-state index contributed by atoms with van der Waals surface area (Å²) in [7, 11) is 0. The van der Waals surface area contributed by atoms with E-state index >= 15 is 4.39 Å². The summed E-state index contributed by atoms with van der Waals surface area (Å²) in [6.07, 6.45) is -26.5. The average molecular weight is 828 g/mol. The van der Waals surface area contributed by atoms with Gasteiger partial charge in [-0.3, -0.25) is 0 Å². The molecule has 2 unspecified atom stereocenters. The quantitative estimate of drug-likeness (QED) is 0.0930. The molecule has 2 atom stereocenters. The minimum absolute atomic E-state index is 2.16. The van der Waals surface area contributed by atoms with Crippen LogP contribution in [0.5, 0.6) is 0 Å². The Kier molecular flexibility index (Phi) is 11.8. The third-order valence-corrected chi connectivity index (χ3v) is 8.90. The number of hydrogen-bond acceptors (Lipinski definition) is 0. The molecule has 0 aliphatic rings. The van der Waals surface area contributed by atoms with Gasteiger partial charge in [-0.05, 0) is 12.8 Å². The lowest BCUT2D eigenvalue weighted by Gasteiger charge is -2.50. The first-order chi connectivity index (χ1) is 19.4. The molecule has 0 aliphatic carbocycles. The molecule has 0 aromatic rings. The summed E-state index contributed by atoms with van der Waals surface area (Å²) < 4.78 is 354. The van der Waals surface area contributed by atoms with Crippen LogP contribution in [0.3, 0.4) is 0 Å². The van der Waals surface area contributed by atoms with E-state index in [1.165, 1.54) is 0 Å². The average Bonchev–Trinajstić information content (AvgIpc) is 2.79. The lowest BCUT2D eigenvalue weighted by Crippen LogP contribution is -2.84. The standard InChI is InChI=1S/C16H7Cl3F26Si/c17-46(18,19)16(44,45)7(26,9(29,30)8(27,28)6(24,25)4(20)2-1-3-5(21,22)23)10(31,32)11(33,34)12(35,36)13(37,38)14(39,40)15(41,42)43/h4H,1-3H2. The van der Waals surface area contributed by atoms with Crippen LogP contribution < -0.4 is 0 Å². The van der Waals surface area contributed by atoms with Crippen molar-refractivity contribution in [3.8, 4) is 0 Å². The lowest BCUT2D eigenvalue weighted by atomic mass is 9.77. The second-order valence-electron chi connectivity index (χ2n) is 8.85. The zero-order valence-corrected chi connectivity index (χ0v) is 23.4. The van der Waals surface area contributed by atoms with Crippen molar-refractivity contribution in [3.63, 3.8) is 0 Å². The van der Waals surface area contributed by atoms with E-state index in [4.69, 9.17) is 0 Å². The van der Waals surface area contributed by atoms with E-state index in [0.717, 1.165) is 0 Å². The highest BCUT2D eigenvalue weighted by Gasteiger charge is 3.02. The summed E-state index contributed by atoms with van der Waals surface area (Å²) in [6.45, 7) is 0. The second-order valence-corrected chi connectivity index (χ2v) is 17.3. The van der Waals surface area contributed by atoms with Crippen molar-refractivity contribution in [1.29, 1.82) is 0 Å². The molecule has 0 aromatic carbocycles. The zero-order chi connectivity index (χ0) is 38.2. The Morgan fingerprint density at radius 2 is 0.739 bits per heavy atom. The summed E-state index contributed by atoms with van der Waals surface area (Å²) in [5, 5.41) is 0. The monoisotopic (exact) mass is 826 g/mol. The van der Waals surface area contributed by atoms with Crippen molar-refractivity contribution in [2.45, 2.75) is 96.4 Å². The second kappa shape index (κ2) is 12.0. The molecule has 278 valence electrons. The molecular formula is C16H7Cl3F26Si. The van der Waals surface area contributed by atoms with Gasteiger partial charge in [-0.1, -0.05) is 0 Å². The summed E-state index contributed by atoms with van der Waals surface area (Å²) in [4.78, 5) is 0. The van der Waals surface area contributed by atoms with Crippen LogP contribution in [0.4, 0.5) is 114 Å². The van der Waals surface area contributed by atoms with Gasteiger partial charge in [0.2, 0.25) is 0 Å². The largest absolute Gasteiger partial charge is 0.460 e. The fraction of sp³-hybridized carbons (Fsp3) is 1.00. The maximum Gasteiger partial charge on any atom is 0.460 e. The van der Waals surface area contributed by atoms with Crippen molar-refractivity contribution in [3.05, 3.63) is 0 Å². The van der Waals surface area contributed by atoms with Gasteiger partial charge in [0, 0.05) is 6.42 Å². The van der Waals surface area contributed by atoms with Crippen molar-refractivity contribution < 1.29 is 114 Å². The predicted octanol–water partition coefficient (Wildman–Crippen LogP) is 11.2. The van der Waals surface area contributed by atoms with Crippen molar-refractivity contribution in [1.82, 2.24) is 0 Å². The van der Waals surface area contributed by atoms with E-state index in [0.29, 0.717) is 0 Å². The molecule has 0 amide bonds. The molecule has 0 saturated heterocycles. The molecule has 0 spiro atoms. The van der Waals surface area contributed by atoms with Crippen molar-refractivity contribution in [2.75, 3.05) is 0 Å². The van der Waals surface area contributed by atoms with E-state index in [1.54, 1.807) is 0 Å². The molecule has 0 aromatic heterocycles. The van der Waals surface area contributed by atoms with Gasteiger partial charge in [0.05, 0.1) is 0 Å². The van der Waals surface area contributed by atoms with Crippen LogP contribution in [-0.2, 0) is 0 Å². The van der Waals surface area contributed by atoms with Crippen LogP contribution in [0.25, 0.3) is 0 Å². The van der Waals surface area contributed by atoms with Gasteiger partial charge in [-0.2, -0.15) is 96.6 Å². The van der Waals surface area contributed by atoms with Crippen molar-refractivity contribution in [2.24, 2.45) is 0 Å². The Morgan fingerprint density at radius 3 is 1.04 bits per heavy atom. The fourth-order valence-corrected chi connectivity index (χ4v) is 4.93. The molecule has 0 rings (SSSR count). The van der Waals surface area contributed by atoms with Gasteiger partial charge < -0.3 is 0 Å². The van der Waals surface area contributed by atoms with Crippen LogP contribution in [-0.4, -0.2) is 83.1 Å². The van der Waals surface area contributed by atoms with Gasteiger partial charge in [-0.15, -0.1) is 33.2 Å². The molecule has 0 N–H and O–H groups in total. The van der Waals surface area contributed by atoms with Gasteiger partial charge >= 0.3 is 77.0 Å². The molecule has 46 heavy (non-hydrogen) atoms. The molecule has 0 heterocycles. The molecule has 0 fully saturated rings. The summed E-state index contributed by atoms with van der Waals surface area (Å²) in [5.41, 5.74) is -17.8. The molecule has 0 nitrogen and oxygen atoms in total. The summed E-state index contributed by atoms with van der Waals surface area (Å²) in [6, 6.07) is -7.84. The van der Waals surface area contributed by atoms with E-state index in [2.05, 4.69) is 33.2 Å². The highest BCUT2D eigenvalue weighted by molar-refractivity contribution is 7.65. The topological polar surface area (TPSA) is 0 Å². The normalized spacial score (nSPS) is 18.5. The van der Waals surface area contributed by atoms with Crippen LogP contribution in [0, 0.1) is 0 Å². The molecule has 0 saturated carbocycles. The number of rotatable bonds is 14. The Bertz CT molecular complexity index is 1070. The van der Waals surface area contributed by atoms with Gasteiger partial charge in [0.15, 0.2) is 6.17 Å². The first-order valence-corrected chi connectivity index (χ1v) is 15.3. The van der Waals surface area contributed by atoms with Crippen LogP contribution in [0.15, 0.2) is 0 Å². The van der Waals surface area contributed by atoms with E-state index in [1.807, 2.05) is 0 Å². The number of hydrogen-bond donors (Lipinski definition) is 0. The third-order valence-electron chi connectivity index (χ3n) is 5.71. The summed E-state index contributed by atoms with van der Waals surface area (Å²) in [5.74, 6) is -73.0. The maximum atomic E-state index is 15.2. The fourth-order valence-electron chi connectivity index (χ4n) is 3.06. The smallest absolute Gasteiger partial charge is 0.241 e. The minimum atomic E-state index is -9.78. The predicted molar refractivity (Wildman–Crippen MR) is 103 cm³/mol. The zero-order valence-electron chi connectivity index (χ0n) is 20.2. The number of alkyl halides is 26. The van der Waals surface area contributed by atoms with Crippen molar-refractivity contribution >= 4 is 39.2 Å². The Hall–Kier alpha value is -0.733. The molecule has 0 bridgehead atoms. The molecule has 0 radical (unpaired) electrons. The molecular weight excluding hydrogens is 821 g/mol. The van der Waals surface area contributed by atoms with Gasteiger partial charge in [0.25, 0.3) is 0 Å². The Labute approximate surface area is 250 Å². The Morgan fingerprint density at radius 1 is 0.435 bits per heavy atom. The first kappa shape index (κ1) is 45.3. The third kappa shape index (κ3) is 6.24. The van der Waals surface area contributed by atoms with E-state index < -0.39 is 102 Å². The lowest BCUT2D eigenvalue weighted by molar-refractivity contribution is -0.471. The van der Waals surface area contributed by atoms with E-state index in [-0.39, 0.29) is 0 Å². The number of halogens is 29. The SMILES string of the molecule is FC(CCCC(F)(F)F)C(F)(F)C(F)(F)C(F)(F)C(F)(C(F)(F)C(F)(F)C(F)(F)C(F)(F)C(F)(F)C(F)(F)F)C(F)(F)[Si](Cl)(Cl)Cl. The van der Waals surface area contributed by atoms with Crippen LogP contribution >= 0.6 is 33.2 Å². The highest BCUT2D eigenvalue weighted by atomic mass is 35.8. The van der Waals surface area contributed by atoms with Crippen LogP contribution in [0.1, 0.15) is 19.3 Å². The van der Waals surface area contributed by atoms with Crippen LogP contribution in [0.2, 0.25) is 0 Å². The van der Waals surface area contributed by atoms with E-state index in [9.17, 15) is 110 Å². The van der Waals surface area contributed by atoms with Gasteiger partial charge in [-0.25, -0.2) is 17.6 Å². The van der Waals surface area contributed by atoms with Gasteiger partial charge in [0.1, 0.15) is 0 Å². The Balaban J connectivity index is 7.91. The highest BCUT2D eigenvalue weighted by Crippen LogP contribution is 2.70. The minimum Gasteiger partial charge on any atom is -0.241 e.